The molecule has 3 N–H and O–H groups in total. The smallest absolute Gasteiger partial charge is 0.251 e. The van der Waals surface area contributed by atoms with Crippen molar-refractivity contribution in [2.45, 2.75) is 0 Å². The third-order valence-corrected chi connectivity index (χ3v) is 2.04. The Morgan fingerprint density at radius 3 is 2.87 bits per heavy atom. The summed E-state index contributed by atoms with van der Waals surface area (Å²) < 4.78 is 0. The molecule has 0 amide bonds. The second kappa shape index (κ2) is 3.35. The number of rotatable bonds is 1. The van der Waals surface area contributed by atoms with Crippen LogP contribution in [0.3, 0.4) is 0 Å². The zero-order valence-corrected chi connectivity index (χ0v) is 7.61. The van der Waals surface area contributed by atoms with Gasteiger partial charge in [0.15, 0.2) is 0 Å². The van der Waals surface area contributed by atoms with Crippen molar-refractivity contribution in [3.63, 3.8) is 0 Å². The molecule has 0 radical (unpaired) electrons. The molecule has 0 spiro atoms. The van der Waals surface area contributed by atoms with Gasteiger partial charge >= 0.3 is 0 Å². The Hall–Kier alpha value is -2.48. The Kier molecular flexibility index (Phi) is 2.03. The standard InChI is InChI=1S/C10H7N3O2/c11-4-8-7(6-1-2-12-5-6)3-9(14)13-10(8)15/h1-3,5,12H,(H2,13,14,15). The highest BCUT2D eigenvalue weighted by Gasteiger charge is 2.11. The van der Waals surface area contributed by atoms with E-state index in [1.54, 1.807) is 18.5 Å². The van der Waals surface area contributed by atoms with Crippen molar-refractivity contribution in [1.29, 1.82) is 5.26 Å². The Labute approximate surface area is 84.6 Å². The third-order valence-electron chi connectivity index (χ3n) is 2.04. The number of aromatic nitrogens is 2. The third kappa shape index (κ3) is 1.48. The summed E-state index contributed by atoms with van der Waals surface area (Å²) in [6.45, 7) is 0. The number of nitrogens with one attached hydrogen (secondary N) is 2. The number of hydrogen-bond donors (Lipinski definition) is 3. The van der Waals surface area contributed by atoms with Crippen LogP contribution in [0.1, 0.15) is 5.56 Å². The van der Waals surface area contributed by atoms with Gasteiger partial charge in [-0.25, -0.2) is 0 Å². The number of H-pyrrole nitrogens is 2. The van der Waals surface area contributed by atoms with Crippen molar-refractivity contribution in [2.24, 2.45) is 0 Å². The number of nitrogens with zero attached hydrogens (tertiary/aromatic N) is 1. The molecule has 0 aliphatic carbocycles. The zero-order valence-electron chi connectivity index (χ0n) is 7.61. The molecule has 2 heterocycles. The molecular weight excluding hydrogens is 194 g/mol. The van der Waals surface area contributed by atoms with Gasteiger partial charge in [0.05, 0.1) is 0 Å². The summed E-state index contributed by atoms with van der Waals surface area (Å²) in [5.41, 5.74) is 0.727. The van der Waals surface area contributed by atoms with E-state index in [0.29, 0.717) is 11.1 Å². The number of aromatic hydroxyl groups is 1. The number of aromatic amines is 2. The lowest BCUT2D eigenvalue weighted by Gasteiger charge is -2.01. The zero-order chi connectivity index (χ0) is 10.8. The summed E-state index contributed by atoms with van der Waals surface area (Å²) in [6, 6.07) is 4.84. The molecule has 0 fully saturated rings. The van der Waals surface area contributed by atoms with Crippen LogP contribution in [-0.4, -0.2) is 15.1 Å². The van der Waals surface area contributed by atoms with Crippen LogP contribution < -0.4 is 5.56 Å². The number of pyridine rings is 1. The monoisotopic (exact) mass is 201 g/mol. The van der Waals surface area contributed by atoms with Gasteiger partial charge in [-0.15, -0.1) is 0 Å². The first-order chi connectivity index (χ1) is 7.22. The van der Waals surface area contributed by atoms with Gasteiger partial charge in [-0.1, -0.05) is 0 Å². The summed E-state index contributed by atoms with van der Waals surface area (Å²) in [7, 11) is 0. The van der Waals surface area contributed by atoms with Crippen molar-refractivity contribution in [1.82, 2.24) is 9.97 Å². The topological polar surface area (TPSA) is 92.7 Å². The lowest BCUT2D eigenvalue weighted by molar-refractivity contribution is 0.450. The van der Waals surface area contributed by atoms with E-state index in [-0.39, 0.29) is 5.56 Å². The molecule has 5 nitrogen and oxygen atoms in total. The summed E-state index contributed by atoms with van der Waals surface area (Å²) in [5.74, 6) is -0.402. The summed E-state index contributed by atoms with van der Waals surface area (Å²) in [5, 5.41) is 18.2. The Bertz CT molecular complexity index is 576. The van der Waals surface area contributed by atoms with E-state index < -0.39 is 11.4 Å². The molecular formula is C10H7N3O2. The maximum absolute atomic E-state index is 11.1. The minimum Gasteiger partial charge on any atom is -0.494 e. The Balaban J connectivity index is 2.77. The maximum atomic E-state index is 11.1. The van der Waals surface area contributed by atoms with Gasteiger partial charge in [0, 0.05) is 29.6 Å². The highest BCUT2D eigenvalue weighted by molar-refractivity contribution is 5.71. The molecule has 0 bridgehead atoms. The van der Waals surface area contributed by atoms with Gasteiger partial charge in [0.25, 0.3) is 5.56 Å². The minimum absolute atomic E-state index is 0.0641. The van der Waals surface area contributed by atoms with Gasteiger partial charge < -0.3 is 10.1 Å². The molecule has 0 saturated carbocycles. The first kappa shape index (κ1) is 9.09. The lowest BCUT2D eigenvalue weighted by atomic mass is 10.1. The Morgan fingerprint density at radius 2 is 2.27 bits per heavy atom. The maximum Gasteiger partial charge on any atom is 0.251 e. The van der Waals surface area contributed by atoms with E-state index in [0.717, 1.165) is 0 Å². The van der Waals surface area contributed by atoms with Crippen molar-refractivity contribution in [3.05, 3.63) is 40.4 Å². The molecule has 0 saturated heterocycles. The second-order valence-corrected chi connectivity index (χ2v) is 2.98. The largest absolute Gasteiger partial charge is 0.494 e. The molecule has 5 heteroatoms. The van der Waals surface area contributed by atoms with E-state index in [4.69, 9.17) is 5.26 Å². The van der Waals surface area contributed by atoms with E-state index in [1.165, 1.54) is 6.07 Å². The fourth-order valence-corrected chi connectivity index (χ4v) is 1.38. The fourth-order valence-electron chi connectivity index (χ4n) is 1.38. The van der Waals surface area contributed by atoms with Crippen LogP contribution >= 0.6 is 0 Å². The van der Waals surface area contributed by atoms with Crippen LogP contribution in [0, 0.1) is 11.3 Å². The molecule has 0 unspecified atom stereocenters. The van der Waals surface area contributed by atoms with Crippen LogP contribution in [0.25, 0.3) is 11.1 Å². The lowest BCUT2D eigenvalue weighted by Crippen LogP contribution is -2.05. The average Bonchev–Trinajstić information content (AvgIpc) is 2.69. The molecule has 2 aromatic rings. The summed E-state index contributed by atoms with van der Waals surface area (Å²) in [4.78, 5) is 16.1. The molecule has 2 rings (SSSR count). The SMILES string of the molecule is N#Cc1c(-c2cc[nH]c2)cc(=O)[nH]c1O. The molecule has 0 aliphatic rings. The van der Waals surface area contributed by atoms with Gasteiger partial charge in [-0.2, -0.15) is 5.26 Å². The molecule has 0 atom stereocenters. The summed E-state index contributed by atoms with van der Waals surface area (Å²) >= 11 is 0. The van der Waals surface area contributed by atoms with Crippen molar-refractivity contribution < 1.29 is 5.11 Å². The molecule has 2 aromatic heterocycles. The van der Waals surface area contributed by atoms with Crippen molar-refractivity contribution in [2.75, 3.05) is 0 Å². The van der Waals surface area contributed by atoms with Gasteiger partial charge in [-0.05, 0) is 6.07 Å². The van der Waals surface area contributed by atoms with Gasteiger partial charge in [-0.3, -0.25) is 9.78 Å². The molecule has 74 valence electrons. The van der Waals surface area contributed by atoms with Crippen molar-refractivity contribution in [3.8, 4) is 23.1 Å². The minimum atomic E-state index is -0.442. The highest BCUT2D eigenvalue weighted by atomic mass is 16.3. The van der Waals surface area contributed by atoms with E-state index in [1.807, 2.05) is 6.07 Å². The summed E-state index contributed by atoms with van der Waals surface area (Å²) in [6.07, 6.45) is 3.32. The predicted octanol–water partition coefficient (Wildman–Crippen LogP) is 0.947. The van der Waals surface area contributed by atoms with Crippen molar-refractivity contribution >= 4 is 0 Å². The van der Waals surface area contributed by atoms with Crippen LogP contribution in [0.15, 0.2) is 29.3 Å². The number of hydrogen-bond acceptors (Lipinski definition) is 3. The van der Waals surface area contributed by atoms with E-state index in [9.17, 15) is 9.90 Å². The normalized spacial score (nSPS) is 9.80. The number of nitriles is 1. The predicted molar refractivity (Wildman–Crippen MR) is 53.2 cm³/mol. The fraction of sp³-hybridized carbons (Fsp3) is 0. The van der Waals surface area contributed by atoms with Gasteiger partial charge in [0.2, 0.25) is 5.88 Å². The van der Waals surface area contributed by atoms with Crippen LogP contribution in [-0.2, 0) is 0 Å². The van der Waals surface area contributed by atoms with Crippen LogP contribution in [0.2, 0.25) is 0 Å². The average molecular weight is 201 g/mol. The second-order valence-electron chi connectivity index (χ2n) is 2.98. The van der Waals surface area contributed by atoms with Gasteiger partial charge in [0.1, 0.15) is 11.6 Å². The van der Waals surface area contributed by atoms with Crippen LogP contribution in [0.4, 0.5) is 0 Å². The van der Waals surface area contributed by atoms with Crippen LogP contribution in [0.5, 0.6) is 5.88 Å². The van der Waals surface area contributed by atoms with E-state index >= 15 is 0 Å². The Morgan fingerprint density at radius 1 is 1.47 bits per heavy atom. The first-order valence-corrected chi connectivity index (χ1v) is 4.22. The van der Waals surface area contributed by atoms with E-state index in [2.05, 4.69) is 9.97 Å². The quantitative estimate of drug-likeness (QED) is 0.641. The highest BCUT2D eigenvalue weighted by Crippen LogP contribution is 2.25. The molecule has 0 aromatic carbocycles. The molecule has 0 aliphatic heterocycles. The first-order valence-electron chi connectivity index (χ1n) is 4.22. The molecule has 15 heavy (non-hydrogen) atoms.